The maximum absolute atomic E-state index is 11.8. The van der Waals surface area contributed by atoms with Crippen LogP contribution in [-0.4, -0.2) is 22.5 Å². The molecule has 0 spiro atoms. The smallest absolute Gasteiger partial charge is 0.313 e. The minimum absolute atomic E-state index is 0.0792. The highest BCUT2D eigenvalue weighted by atomic mass is 16.5. The molecule has 1 aromatic heterocycles. The molecule has 100 valence electrons. The van der Waals surface area contributed by atoms with Gasteiger partial charge in [0.15, 0.2) is 0 Å². The maximum atomic E-state index is 11.8. The molecule has 1 atom stereocenters. The Balaban J connectivity index is 2.92. The van der Waals surface area contributed by atoms with Crippen LogP contribution < -0.4 is 0 Å². The lowest BCUT2D eigenvalue weighted by molar-refractivity contribution is -0.145. The minimum Gasteiger partial charge on any atom is -0.466 e. The van der Waals surface area contributed by atoms with E-state index < -0.39 is 0 Å². The molecule has 18 heavy (non-hydrogen) atoms. The predicted octanol–water partition coefficient (Wildman–Crippen LogP) is 2.83. The van der Waals surface area contributed by atoms with Gasteiger partial charge in [-0.25, -0.2) is 9.97 Å². The quantitative estimate of drug-likeness (QED) is 0.771. The van der Waals surface area contributed by atoms with E-state index in [0.29, 0.717) is 13.0 Å². The van der Waals surface area contributed by atoms with Crippen LogP contribution in [0.3, 0.4) is 0 Å². The van der Waals surface area contributed by atoms with Crippen molar-refractivity contribution in [2.75, 3.05) is 6.61 Å². The second-order valence-corrected chi connectivity index (χ2v) is 5.30. The zero-order chi connectivity index (χ0) is 13.8. The second-order valence-electron chi connectivity index (χ2n) is 5.30. The largest absolute Gasteiger partial charge is 0.466 e. The van der Waals surface area contributed by atoms with Crippen LogP contribution in [-0.2, 0) is 14.9 Å². The lowest BCUT2D eigenvalue weighted by Crippen LogP contribution is -2.19. The molecule has 1 rings (SSSR count). The van der Waals surface area contributed by atoms with Gasteiger partial charge in [-0.3, -0.25) is 4.79 Å². The van der Waals surface area contributed by atoms with Crippen molar-refractivity contribution in [3.63, 3.8) is 0 Å². The van der Waals surface area contributed by atoms with Crippen molar-refractivity contribution in [1.82, 2.24) is 9.97 Å². The molecular weight excluding hydrogens is 228 g/mol. The summed E-state index contributed by atoms with van der Waals surface area (Å²) in [6.45, 7) is 10.3. The molecule has 0 amide bonds. The Morgan fingerprint density at radius 1 is 1.28 bits per heavy atom. The molecule has 0 N–H and O–H groups in total. The van der Waals surface area contributed by atoms with Crippen LogP contribution in [0.5, 0.6) is 0 Å². The molecule has 0 aliphatic carbocycles. The van der Waals surface area contributed by atoms with Crippen molar-refractivity contribution in [2.24, 2.45) is 0 Å². The number of nitrogens with zero attached hydrogens (tertiary/aromatic N) is 2. The number of hydrogen-bond donors (Lipinski definition) is 0. The highest BCUT2D eigenvalue weighted by Crippen LogP contribution is 2.22. The van der Waals surface area contributed by atoms with Gasteiger partial charge in [-0.1, -0.05) is 27.7 Å². The second kappa shape index (κ2) is 5.94. The summed E-state index contributed by atoms with van der Waals surface area (Å²) in [6.07, 6.45) is 4.16. The normalized spacial score (nSPS) is 13.2. The van der Waals surface area contributed by atoms with E-state index >= 15 is 0 Å². The van der Waals surface area contributed by atoms with Gasteiger partial charge in [0.1, 0.15) is 5.82 Å². The van der Waals surface area contributed by atoms with E-state index in [-0.39, 0.29) is 17.3 Å². The number of ether oxygens (including phenoxy) is 1. The van der Waals surface area contributed by atoms with Gasteiger partial charge in [0.2, 0.25) is 0 Å². The first kappa shape index (κ1) is 14.6. The summed E-state index contributed by atoms with van der Waals surface area (Å²) >= 11 is 0. The van der Waals surface area contributed by atoms with Crippen LogP contribution in [0.4, 0.5) is 0 Å². The Labute approximate surface area is 109 Å². The molecular formula is C14H22N2O2. The van der Waals surface area contributed by atoms with Gasteiger partial charge in [0.05, 0.1) is 12.5 Å². The van der Waals surface area contributed by atoms with E-state index in [4.69, 9.17) is 4.74 Å². The number of hydrogen-bond acceptors (Lipinski definition) is 4. The summed E-state index contributed by atoms with van der Waals surface area (Å²) in [6, 6.07) is 0. The van der Waals surface area contributed by atoms with Crippen LogP contribution in [0.2, 0.25) is 0 Å². The summed E-state index contributed by atoms with van der Waals surface area (Å²) in [7, 11) is 0. The van der Waals surface area contributed by atoms with Crippen molar-refractivity contribution in [1.29, 1.82) is 0 Å². The van der Waals surface area contributed by atoms with E-state index in [2.05, 4.69) is 30.7 Å². The fourth-order valence-corrected chi connectivity index (χ4v) is 1.69. The number of carbonyl (C=O) groups is 1. The zero-order valence-corrected chi connectivity index (χ0v) is 11.9. The Hall–Kier alpha value is -1.45. The van der Waals surface area contributed by atoms with Gasteiger partial charge in [-0.05, 0) is 13.3 Å². The summed E-state index contributed by atoms with van der Waals surface area (Å²) in [5, 5.41) is 0. The van der Waals surface area contributed by atoms with Gasteiger partial charge in [0.25, 0.3) is 0 Å². The first-order valence-electron chi connectivity index (χ1n) is 6.39. The number of aromatic nitrogens is 2. The molecule has 0 aliphatic heterocycles. The van der Waals surface area contributed by atoms with Gasteiger partial charge < -0.3 is 4.74 Å². The molecule has 4 nitrogen and oxygen atoms in total. The first-order valence-corrected chi connectivity index (χ1v) is 6.39. The molecule has 0 saturated carbocycles. The van der Waals surface area contributed by atoms with Crippen LogP contribution in [0, 0.1) is 0 Å². The molecule has 1 aromatic rings. The summed E-state index contributed by atoms with van der Waals surface area (Å²) < 4.78 is 5.05. The van der Waals surface area contributed by atoms with Crippen LogP contribution in [0.25, 0.3) is 0 Å². The lowest BCUT2D eigenvalue weighted by Gasteiger charge is -2.18. The zero-order valence-electron chi connectivity index (χ0n) is 11.9. The van der Waals surface area contributed by atoms with Crippen LogP contribution >= 0.6 is 0 Å². The topological polar surface area (TPSA) is 52.1 Å². The Morgan fingerprint density at radius 3 is 2.22 bits per heavy atom. The molecule has 4 heteroatoms. The Morgan fingerprint density at radius 2 is 1.83 bits per heavy atom. The summed E-state index contributed by atoms with van der Waals surface area (Å²) in [5.74, 6) is 0.316. The van der Waals surface area contributed by atoms with Crippen molar-refractivity contribution in [3.05, 3.63) is 23.8 Å². The third kappa shape index (κ3) is 3.52. The molecule has 0 aromatic carbocycles. The van der Waals surface area contributed by atoms with Crippen molar-refractivity contribution in [2.45, 2.75) is 52.4 Å². The lowest BCUT2D eigenvalue weighted by atomic mass is 9.95. The average molecular weight is 250 g/mol. The molecule has 1 unspecified atom stereocenters. The van der Waals surface area contributed by atoms with Gasteiger partial charge in [0, 0.05) is 23.4 Å². The highest BCUT2D eigenvalue weighted by Gasteiger charge is 2.22. The number of esters is 1. The van der Waals surface area contributed by atoms with Gasteiger partial charge >= 0.3 is 5.97 Å². The average Bonchev–Trinajstić information content (AvgIpc) is 2.30. The van der Waals surface area contributed by atoms with Crippen LogP contribution in [0.1, 0.15) is 58.3 Å². The Bertz CT molecular complexity index is 393. The highest BCUT2D eigenvalue weighted by molar-refractivity contribution is 5.77. The van der Waals surface area contributed by atoms with Crippen molar-refractivity contribution < 1.29 is 9.53 Å². The first-order chi connectivity index (χ1) is 8.40. The van der Waals surface area contributed by atoms with Crippen molar-refractivity contribution >= 4 is 5.97 Å². The van der Waals surface area contributed by atoms with E-state index in [1.165, 1.54) is 0 Å². The van der Waals surface area contributed by atoms with Crippen molar-refractivity contribution in [3.8, 4) is 0 Å². The monoisotopic (exact) mass is 250 g/mol. The molecule has 0 radical (unpaired) electrons. The molecule has 0 fully saturated rings. The standard InChI is InChI=1S/C14H22N2O2/c1-6-11(12(17)18-7-2)10-8-15-13(16-9-10)14(3,4)5/h8-9,11H,6-7H2,1-5H3. The third-order valence-electron chi connectivity index (χ3n) is 2.72. The van der Waals surface area contributed by atoms with Crippen LogP contribution in [0.15, 0.2) is 12.4 Å². The van der Waals surface area contributed by atoms with E-state index in [9.17, 15) is 4.79 Å². The van der Waals surface area contributed by atoms with E-state index in [1.54, 1.807) is 12.4 Å². The van der Waals surface area contributed by atoms with E-state index in [1.807, 2.05) is 13.8 Å². The minimum atomic E-state index is -0.265. The summed E-state index contributed by atoms with van der Waals surface area (Å²) in [5.41, 5.74) is 0.744. The predicted molar refractivity (Wildman–Crippen MR) is 70.4 cm³/mol. The third-order valence-corrected chi connectivity index (χ3v) is 2.72. The molecule has 0 aliphatic rings. The maximum Gasteiger partial charge on any atom is 0.313 e. The van der Waals surface area contributed by atoms with Gasteiger partial charge in [-0.15, -0.1) is 0 Å². The van der Waals surface area contributed by atoms with E-state index in [0.717, 1.165) is 11.4 Å². The molecule has 0 bridgehead atoms. The fraction of sp³-hybridized carbons (Fsp3) is 0.643. The Kier molecular flexibility index (Phi) is 4.82. The molecule has 1 heterocycles. The number of carbonyl (C=O) groups excluding carboxylic acids is 1. The number of rotatable bonds is 4. The fourth-order valence-electron chi connectivity index (χ4n) is 1.69. The molecule has 0 saturated heterocycles. The van der Waals surface area contributed by atoms with Gasteiger partial charge in [-0.2, -0.15) is 0 Å². The SMILES string of the molecule is CCOC(=O)C(CC)c1cnc(C(C)(C)C)nc1. The summed E-state index contributed by atoms with van der Waals surface area (Å²) in [4.78, 5) is 20.5.